The number of nitrogens with one attached hydrogen (secondary N) is 2. The van der Waals surface area contributed by atoms with E-state index in [0.29, 0.717) is 0 Å². The smallest absolute Gasteiger partial charge is 0.228 e. The van der Waals surface area contributed by atoms with E-state index < -0.39 is 0 Å². The summed E-state index contributed by atoms with van der Waals surface area (Å²) in [5.74, 6) is 0.243. The van der Waals surface area contributed by atoms with Crippen LogP contribution >= 0.6 is 0 Å². The van der Waals surface area contributed by atoms with Gasteiger partial charge in [-0.2, -0.15) is 0 Å². The van der Waals surface area contributed by atoms with E-state index in [0.717, 1.165) is 37.3 Å². The van der Waals surface area contributed by atoms with Crippen molar-refractivity contribution in [2.24, 2.45) is 5.92 Å². The van der Waals surface area contributed by atoms with Crippen LogP contribution < -0.4 is 10.6 Å². The van der Waals surface area contributed by atoms with Gasteiger partial charge in [-0.15, -0.1) is 0 Å². The molecule has 0 spiro atoms. The maximum Gasteiger partial charge on any atom is 0.228 e. The molecule has 1 saturated heterocycles. The van der Waals surface area contributed by atoms with Crippen LogP contribution in [0.2, 0.25) is 0 Å². The molecule has 2 N–H and O–H groups in total. The van der Waals surface area contributed by atoms with Gasteiger partial charge < -0.3 is 15.5 Å². The van der Waals surface area contributed by atoms with Crippen LogP contribution in [0.15, 0.2) is 18.2 Å². The van der Waals surface area contributed by atoms with Crippen LogP contribution in [0.25, 0.3) is 0 Å². The minimum atomic E-state index is 0.108. The lowest BCUT2D eigenvalue weighted by atomic mass is 10.1. The molecule has 0 saturated carbocycles. The second kappa shape index (κ2) is 6.17. The quantitative estimate of drug-likeness (QED) is 0.865. The van der Waals surface area contributed by atoms with E-state index in [1.807, 2.05) is 21.0 Å². The topological polar surface area (TPSA) is 44.4 Å². The fourth-order valence-corrected chi connectivity index (χ4v) is 2.38. The fraction of sp³-hybridized carbons (Fsp3) is 0.533. The molecule has 1 amide bonds. The Kier molecular flexibility index (Phi) is 4.56. The third kappa shape index (κ3) is 3.78. The molecule has 1 aromatic carbocycles. The highest BCUT2D eigenvalue weighted by Gasteiger charge is 2.22. The molecule has 1 aromatic rings. The van der Waals surface area contributed by atoms with Crippen LogP contribution in [-0.4, -0.2) is 38.0 Å². The zero-order valence-corrected chi connectivity index (χ0v) is 12.0. The van der Waals surface area contributed by atoms with Gasteiger partial charge in [-0.05, 0) is 51.2 Å². The zero-order valence-electron chi connectivity index (χ0n) is 12.0. The lowest BCUT2D eigenvalue weighted by Crippen LogP contribution is -2.25. The molecule has 0 bridgehead atoms. The van der Waals surface area contributed by atoms with Gasteiger partial charge in [0.1, 0.15) is 0 Å². The molecular formula is C15H23N3O. The minimum absolute atomic E-state index is 0.108. The first kappa shape index (κ1) is 14.0. The van der Waals surface area contributed by atoms with Gasteiger partial charge in [-0.25, -0.2) is 0 Å². The van der Waals surface area contributed by atoms with Crippen LogP contribution in [0.4, 0.5) is 5.69 Å². The van der Waals surface area contributed by atoms with Gasteiger partial charge in [-0.3, -0.25) is 4.79 Å². The van der Waals surface area contributed by atoms with Crippen LogP contribution in [0.5, 0.6) is 0 Å². The van der Waals surface area contributed by atoms with Gasteiger partial charge in [0.05, 0.1) is 5.92 Å². The van der Waals surface area contributed by atoms with Gasteiger partial charge in [0.15, 0.2) is 0 Å². The van der Waals surface area contributed by atoms with Crippen LogP contribution in [0.3, 0.4) is 0 Å². The Morgan fingerprint density at radius 2 is 2.26 bits per heavy atom. The number of carbonyl (C=O) groups is 1. The SMILES string of the molecule is Cc1ccc(CN(C)C)cc1NC(=O)C1CCNC1. The summed E-state index contributed by atoms with van der Waals surface area (Å²) in [6.45, 7) is 4.65. The molecule has 0 radical (unpaired) electrons. The van der Waals surface area contributed by atoms with Crippen LogP contribution in [0, 0.1) is 12.8 Å². The van der Waals surface area contributed by atoms with E-state index in [9.17, 15) is 4.79 Å². The van der Waals surface area contributed by atoms with E-state index >= 15 is 0 Å². The normalized spacial score (nSPS) is 18.8. The van der Waals surface area contributed by atoms with Crippen molar-refractivity contribution in [3.8, 4) is 0 Å². The largest absolute Gasteiger partial charge is 0.326 e. The number of anilines is 1. The van der Waals surface area contributed by atoms with Crippen molar-refractivity contribution in [3.63, 3.8) is 0 Å². The molecule has 1 atom stereocenters. The summed E-state index contributed by atoms with van der Waals surface area (Å²) >= 11 is 0. The average molecular weight is 261 g/mol. The molecular weight excluding hydrogens is 238 g/mol. The summed E-state index contributed by atoms with van der Waals surface area (Å²) in [4.78, 5) is 14.3. The van der Waals surface area contributed by atoms with Crippen molar-refractivity contribution in [3.05, 3.63) is 29.3 Å². The van der Waals surface area contributed by atoms with Crippen molar-refractivity contribution >= 4 is 11.6 Å². The number of amides is 1. The van der Waals surface area contributed by atoms with E-state index in [2.05, 4.69) is 33.7 Å². The Hall–Kier alpha value is -1.39. The van der Waals surface area contributed by atoms with Gasteiger partial charge >= 0.3 is 0 Å². The molecule has 0 aliphatic carbocycles. The Morgan fingerprint density at radius 3 is 2.89 bits per heavy atom. The van der Waals surface area contributed by atoms with E-state index in [1.165, 1.54) is 5.56 Å². The summed E-state index contributed by atoms with van der Waals surface area (Å²) in [6, 6.07) is 6.26. The average Bonchev–Trinajstić information content (AvgIpc) is 2.86. The highest BCUT2D eigenvalue weighted by atomic mass is 16.1. The Bertz CT molecular complexity index is 451. The summed E-state index contributed by atoms with van der Waals surface area (Å²) in [5.41, 5.74) is 3.27. The highest BCUT2D eigenvalue weighted by Crippen LogP contribution is 2.19. The zero-order chi connectivity index (χ0) is 13.8. The molecule has 4 heteroatoms. The van der Waals surface area contributed by atoms with Crippen LogP contribution in [-0.2, 0) is 11.3 Å². The van der Waals surface area contributed by atoms with E-state index in [-0.39, 0.29) is 11.8 Å². The molecule has 104 valence electrons. The first-order valence-corrected chi connectivity index (χ1v) is 6.82. The van der Waals surface area contributed by atoms with Gasteiger partial charge in [0.25, 0.3) is 0 Å². The summed E-state index contributed by atoms with van der Waals surface area (Å²) in [5, 5.41) is 6.29. The number of hydrogen-bond donors (Lipinski definition) is 2. The molecule has 1 heterocycles. The molecule has 2 rings (SSSR count). The number of rotatable bonds is 4. The summed E-state index contributed by atoms with van der Waals surface area (Å²) in [7, 11) is 4.09. The molecule has 1 fully saturated rings. The van der Waals surface area contributed by atoms with Gasteiger partial charge in [0, 0.05) is 18.8 Å². The molecule has 4 nitrogen and oxygen atoms in total. The molecule has 1 aliphatic rings. The minimum Gasteiger partial charge on any atom is -0.326 e. The Morgan fingerprint density at radius 1 is 1.47 bits per heavy atom. The van der Waals surface area contributed by atoms with Crippen molar-refractivity contribution in [2.75, 3.05) is 32.5 Å². The van der Waals surface area contributed by atoms with Gasteiger partial charge in [0.2, 0.25) is 5.91 Å². The van der Waals surface area contributed by atoms with Crippen molar-refractivity contribution < 1.29 is 4.79 Å². The second-order valence-electron chi connectivity index (χ2n) is 5.57. The van der Waals surface area contributed by atoms with Gasteiger partial charge in [-0.1, -0.05) is 12.1 Å². The highest BCUT2D eigenvalue weighted by molar-refractivity contribution is 5.93. The molecule has 1 aliphatic heterocycles. The lowest BCUT2D eigenvalue weighted by molar-refractivity contribution is -0.119. The maximum atomic E-state index is 12.1. The number of hydrogen-bond acceptors (Lipinski definition) is 3. The first-order chi connectivity index (χ1) is 9.06. The molecule has 1 unspecified atom stereocenters. The molecule has 19 heavy (non-hydrogen) atoms. The van der Waals surface area contributed by atoms with E-state index in [1.54, 1.807) is 0 Å². The Balaban J connectivity index is 2.07. The number of carbonyl (C=O) groups excluding carboxylic acids is 1. The first-order valence-electron chi connectivity index (χ1n) is 6.82. The molecule has 0 aromatic heterocycles. The maximum absolute atomic E-state index is 12.1. The van der Waals surface area contributed by atoms with E-state index in [4.69, 9.17) is 0 Å². The van der Waals surface area contributed by atoms with Crippen molar-refractivity contribution in [1.82, 2.24) is 10.2 Å². The Labute approximate surface area is 115 Å². The number of aryl methyl sites for hydroxylation is 1. The van der Waals surface area contributed by atoms with Crippen molar-refractivity contribution in [2.45, 2.75) is 19.9 Å². The third-order valence-electron chi connectivity index (χ3n) is 3.49. The second-order valence-corrected chi connectivity index (χ2v) is 5.57. The van der Waals surface area contributed by atoms with Crippen LogP contribution in [0.1, 0.15) is 17.5 Å². The fourth-order valence-electron chi connectivity index (χ4n) is 2.38. The lowest BCUT2D eigenvalue weighted by Gasteiger charge is -2.15. The van der Waals surface area contributed by atoms with Crippen molar-refractivity contribution in [1.29, 1.82) is 0 Å². The number of benzene rings is 1. The summed E-state index contributed by atoms with van der Waals surface area (Å²) < 4.78 is 0. The third-order valence-corrected chi connectivity index (χ3v) is 3.49. The monoisotopic (exact) mass is 261 g/mol. The predicted octanol–water partition coefficient (Wildman–Crippen LogP) is 1.60. The summed E-state index contributed by atoms with van der Waals surface area (Å²) in [6.07, 6.45) is 0.933. The predicted molar refractivity (Wildman–Crippen MR) is 78.2 cm³/mol. The standard InChI is InChI=1S/C15H23N3O/c1-11-4-5-12(10-18(2)3)8-14(11)17-15(19)13-6-7-16-9-13/h4-5,8,13,16H,6-7,9-10H2,1-3H3,(H,17,19). The number of nitrogens with zero attached hydrogens (tertiary/aromatic N) is 1.